The van der Waals surface area contributed by atoms with E-state index in [2.05, 4.69) is 33.0 Å². The van der Waals surface area contributed by atoms with Crippen molar-refractivity contribution in [1.29, 1.82) is 0 Å². The summed E-state index contributed by atoms with van der Waals surface area (Å²) in [6.45, 7) is 9.41. The molecular weight excluding hydrogens is 227 g/mol. The van der Waals surface area contributed by atoms with Crippen LogP contribution in [0.4, 0.5) is 10.1 Å². The van der Waals surface area contributed by atoms with E-state index in [1.807, 2.05) is 24.1 Å². The van der Waals surface area contributed by atoms with Crippen LogP contribution in [0.2, 0.25) is 0 Å². The fourth-order valence-corrected chi connectivity index (χ4v) is 1.91. The lowest BCUT2D eigenvalue weighted by Crippen LogP contribution is -2.46. The highest BCUT2D eigenvalue weighted by Gasteiger charge is 2.18. The second-order valence-corrected chi connectivity index (χ2v) is 5.76. The largest absolute Gasteiger partial charge is 0.368 e. The van der Waals surface area contributed by atoms with Crippen molar-refractivity contribution in [2.24, 2.45) is 0 Å². The molecule has 1 aromatic carbocycles. The number of benzene rings is 1. The van der Waals surface area contributed by atoms with Crippen molar-refractivity contribution in [3.63, 3.8) is 0 Å². The SMILES string of the molecule is CCC(CNC(C)(C)C)N(C)c1ccccc1F. The molecule has 102 valence electrons. The first-order chi connectivity index (χ1) is 8.35. The van der Waals surface area contributed by atoms with Gasteiger partial charge in [0.1, 0.15) is 5.82 Å². The summed E-state index contributed by atoms with van der Waals surface area (Å²) in [5.41, 5.74) is 0.754. The van der Waals surface area contributed by atoms with Crippen LogP contribution in [0.5, 0.6) is 0 Å². The topological polar surface area (TPSA) is 15.3 Å². The third-order valence-electron chi connectivity index (χ3n) is 3.12. The molecule has 0 bridgehead atoms. The average Bonchev–Trinajstić information content (AvgIpc) is 2.28. The molecule has 0 heterocycles. The molecule has 0 aromatic heterocycles. The molecule has 1 unspecified atom stereocenters. The lowest BCUT2D eigenvalue weighted by Gasteiger charge is -2.32. The molecule has 0 fully saturated rings. The Morgan fingerprint density at radius 2 is 1.89 bits per heavy atom. The quantitative estimate of drug-likeness (QED) is 0.863. The summed E-state index contributed by atoms with van der Waals surface area (Å²) in [6.07, 6.45) is 0.980. The fraction of sp³-hybridized carbons (Fsp3) is 0.600. The van der Waals surface area contributed by atoms with Gasteiger partial charge in [-0.1, -0.05) is 19.1 Å². The minimum atomic E-state index is -0.158. The van der Waals surface area contributed by atoms with Crippen LogP contribution in [0.1, 0.15) is 34.1 Å². The van der Waals surface area contributed by atoms with Gasteiger partial charge in [-0.15, -0.1) is 0 Å². The van der Waals surface area contributed by atoms with Crippen LogP contribution in [0, 0.1) is 5.82 Å². The van der Waals surface area contributed by atoms with Crippen molar-refractivity contribution in [1.82, 2.24) is 5.32 Å². The Bertz CT molecular complexity index is 371. The van der Waals surface area contributed by atoms with Gasteiger partial charge in [0.2, 0.25) is 0 Å². The van der Waals surface area contributed by atoms with Crippen LogP contribution in [0.15, 0.2) is 24.3 Å². The van der Waals surface area contributed by atoms with Crippen molar-refractivity contribution < 1.29 is 4.39 Å². The van der Waals surface area contributed by atoms with Gasteiger partial charge in [0.15, 0.2) is 0 Å². The van der Waals surface area contributed by atoms with Gasteiger partial charge < -0.3 is 10.2 Å². The predicted molar refractivity (Wildman–Crippen MR) is 76.6 cm³/mol. The molecule has 2 nitrogen and oxygen atoms in total. The molecular formula is C15H25FN2. The minimum absolute atomic E-state index is 0.0868. The molecule has 3 heteroatoms. The number of halogens is 1. The van der Waals surface area contributed by atoms with Crippen molar-refractivity contribution >= 4 is 5.69 Å². The number of anilines is 1. The molecule has 0 aliphatic heterocycles. The predicted octanol–water partition coefficient (Wildman–Crippen LogP) is 3.43. The highest BCUT2D eigenvalue weighted by Crippen LogP contribution is 2.20. The number of hydrogen-bond acceptors (Lipinski definition) is 2. The van der Waals surface area contributed by atoms with E-state index in [1.54, 1.807) is 6.07 Å². The highest BCUT2D eigenvalue weighted by molar-refractivity contribution is 5.47. The Kier molecular flexibility index (Phi) is 5.15. The summed E-state index contributed by atoms with van der Waals surface area (Å²) in [5.74, 6) is -0.158. The van der Waals surface area contributed by atoms with Crippen molar-refractivity contribution in [2.45, 2.75) is 45.7 Å². The Labute approximate surface area is 110 Å². The number of likely N-dealkylation sites (N-methyl/N-ethyl adjacent to an activating group) is 1. The van der Waals surface area contributed by atoms with Gasteiger partial charge in [-0.25, -0.2) is 4.39 Å². The monoisotopic (exact) mass is 252 g/mol. The molecule has 0 spiro atoms. The van der Waals surface area contributed by atoms with E-state index in [0.29, 0.717) is 11.7 Å². The normalized spacial score (nSPS) is 13.4. The molecule has 18 heavy (non-hydrogen) atoms. The summed E-state index contributed by atoms with van der Waals surface area (Å²) in [5, 5.41) is 3.48. The van der Waals surface area contributed by atoms with Crippen LogP contribution < -0.4 is 10.2 Å². The standard InChI is InChI=1S/C15H25FN2/c1-6-12(11-17-15(2,3)4)18(5)14-10-8-7-9-13(14)16/h7-10,12,17H,6,11H2,1-5H3. The lowest BCUT2D eigenvalue weighted by molar-refractivity contribution is 0.396. The average molecular weight is 252 g/mol. The van der Waals surface area contributed by atoms with Crippen molar-refractivity contribution in [3.8, 4) is 0 Å². The smallest absolute Gasteiger partial charge is 0.146 e. The first kappa shape index (κ1) is 15.0. The van der Waals surface area contributed by atoms with E-state index >= 15 is 0 Å². The summed E-state index contributed by atoms with van der Waals surface area (Å²) < 4.78 is 13.7. The summed E-state index contributed by atoms with van der Waals surface area (Å²) in [6, 6.07) is 7.23. The van der Waals surface area contributed by atoms with Crippen LogP contribution in [0.25, 0.3) is 0 Å². The maximum Gasteiger partial charge on any atom is 0.146 e. The van der Waals surface area contributed by atoms with E-state index < -0.39 is 0 Å². The van der Waals surface area contributed by atoms with Crippen LogP contribution in [-0.4, -0.2) is 25.2 Å². The van der Waals surface area contributed by atoms with Crippen molar-refractivity contribution in [2.75, 3.05) is 18.5 Å². The van der Waals surface area contributed by atoms with E-state index in [-0.39, 0.29) is 11.4 Å². The van der Waals surface area contributed by atoms with Crippen molar-refractivity contribution in [3.05, 3.63) is 30.1 Å². The number of para-hydroxylation sites is 1. The van der Waals surface area contributed by atoms with Gasteiger partial charge >= 0.3 is 0 Å². The summed E-state index contributed by atoms with van der Waals surface area (Å²) >= 11 is 0. The molecule has 0 aliphatic rings. The van der Waals surface area contributed by atoms with E-state index in [9.17, 15) is 4.39 Å². The van der Waals surface area contributed by atoms with E-state index in [0.717, 1.165) is 13.0 Å². The van der Waals surface area contributed by atoms with Gasteiger partial charge in [0.25, 0.3) is 0 Å². The fourth-order valence-electron chi connectivity index (χ4n) is 1.91. The maximum absolute atomic E-state index is 13.7. The maximum atomic E-state index is 13.7. The Hall–Kier alpha value is -1.09. The van der Waals surface area contributed by atoms with Gasteiger partial charge in [-0.2, -0.15) is 0 Å². The molecule has 0 amide bonds. The van der Waals surface area contributed by atoms with E-state index in [4.69, 9.17) is 0 Å². The minimum Gasteiger partial charge on any atom is -0.368 e. The Balaban J connectivity index is 2.74. The Morgan fingerprint density at radius 3 is 2.39 bits per heavy atom. The molecule has 1 atom stereocenters. The third kappa shape index (κ3) is 4.30. The van der Waals surface area contributed by atoms with Crippen LogP contribution >= 0.6 is 0 Å². The zero-order valence-electron chi connectivity index (χ0n) is 12.1. The van der Waals surface area contributed by atoms with Gasteiger partial charge in [-0.05, 0) is 39.3 Å². The number of nitrogens with zero attached hydrogens (tertiary/aromatic N) is 1. The third-order valence-corrected chi connectivity index (χ3v) is 3.12. The zero-order chi connectivity index (χ0) is 13.8. The van der Waals surface area contributed by atoms with Gasteiger partial charge in [0.05, 0.1) is 5.69 Å². The second kappa shape index (κ2) is 6.19. The first-order valence-corrected chi connectivity index (χ1v) is 6.57. The molecule has 0 radical (unpaired) electrons. The second-order valence-electron chi connectivity index (χ2n) is 5.76. The van der Waals surface area contributed by atoms with Crippen LogP contribution in [0.3, 0.4) is 0 Å². The zero-order valence-corrected chi connectivity index (χ0v) is 12.1. The molecule has 1 N–H and O–H groups in total. The molecule has 0 saturated heterocycles. The van der Waals surface area contributed by atoms with E-state index in [1.165, 1.54) is 6.07 Å². The molecule has 1 rings (SSSR count). The summed E-state index contributed by atoms with van der Waals surface area (Å²) in [4.78, 5) is 2.02. The first-order valence-electron chi connectivity index (χ1n) is 6.57. The molecule has 0 saturated carbocycles. The number of rotatable bonds is 5. The Morgan fingerprint density at radius 1 is 1.28 bits per heavy atom. The highest BCUT2D eigenvalue weighted by atomic mass is 19.1. The molecule has 0 aliphatic carbocycles. The number of nitrogens with one attached hydrogen (secondary N) is 1. The molecule has 1 aromatic rings. The number of hydrogen-bond donors (Lipinski definition) is 1. The lowest BCUT2D eigenvalue weighted by atomic mass is 10.1. The van der Waals surface area contributed by atoms with Gasteiger partial charge in [-0.3, -0.25) is 0 Å². The van der Waals surface area contributed by atoms with Gasteiger partial charge in [0, 0.05) is 25.2 Å². The van der Waals surface area contributed by atoms with Crippen LogP contribution in [-0.2, 0) is 0 Å². The summed E-state index contributed by atoms with van der Waals surface area (Å²) in [7, 11) is 1.96.